The Balaban J connectivity index is 1.15. The van der Waals surface area contributed by atoms with Gasteiger partial charge in [-0.25, -0.2) is 0 Å². The summed E-state index contributed by atoms with van der Waals surface area (Å²) in [5.74, 6) is 1.60. The maximum absolute atomic E-state index is 13.0. The predicted octanol–water partition coefficient (Wildman–Crippen LogP) is 11.8. The first-order valence-corrected chi connectivity index (χ1v) is 29.6. The summed E-state index contributed by atoms with van der Waals surface area (Å²) < 4.78 is 83.5. The van der Waals surface area contributed by atoms with Crippen molar-refractivity contribution in [2.75, 3.05) is 13.2 Å². The number of rotatable bonds is 22. The highest BCUT2D eigenvalue weighted by atomic mass is 16.8. The van der Waals surface area contributed by atoms with E-state index in [9.17, 15) is 5.11 Å². The Morgan fingerprint density at radius 3 is 1.29 bits per heavy atom. The number of benzene rings is 3. The van der Waals surface area contributed by atoms with Gasteiger partial charge in [-0.05, 0) is 77.4 Å². The Hall–Kier alpha value is -2.86. The van der Waals surface area contributed by atoms with Crippen molar-refractivity contribution >= 4 is 0 Å². The van der Waals surface area contributed by atoms with Gasteiger partial charge in [-0.1, -0.05) is 181 Å². The second-order valence-electron chi connectivity index (χ2n) is 23.7. The van der Waals surface area contributed by atoms with Crippen LogP contribution in [-0.4, -0.2) is 111 Å². The summed E-state index contributed by atoms with van der Waals surface area (Å²) in [5.41, 5.74) is 3.04. The second-order valence-corrected chi connectivity index (χ2v) is 23.7. The lowest BCUT2D eigenvalue weighted by atomic mass is 9.78. The molecule has 5 saturated heterocycles. The number of hydrogen-bond donors (Lipinski definition) is 1. The fourth-order valence-electron chi connectivity index (χ4n) is 12.6. The van der Waals surface area contributed by atoms with Gasteiger partial charge in [0.15, 0.2) is 31.5 Å². The molecule has 13 heteroatoms. The van der Waals surface area contributed by atoms with Gasteiger partial charge >= 0.3 is 0 Å². The van der Waals surface area contributed by atoms with Crippen LogP contribution in [0.2, 0.25) is 0 Å². The quantitative estimate of drug-likeness (QED) is 0.103. The van der Waals surface area contributed by atoms with E-state index < -0.39 is 74.2 Å². The molecule has 5 fully saturated rings. The van der Waals surface area contributed by atoms with Gasteiger partial charge in [0.2, 0.25) is 0 Å². The molecule has 5 aliphatic rings. The lowest BCUT2D eigenvalue weighted by Crippen LogP contribution is -2.65. The Labute approximate surface area is 461 Å². The molecule has 430 valence electrons. The standard InChI is InChI=1S/C64H96O13/c1-14-50-39(6)37(4)44(11)60(70-50)69-36-53-55(65)58(77-63-57(42(9)41(8)52(16-3)72-63)76-62-45(12)38(5)40(7)51(15-2)71-62)59(67-33-48-28-22-18-23-29-48)64(73-53)75-56-43(10)46(13)61(68-34-49-30-24-19-25-31-49)74-54(56)35-66-32-47-26-20-17-21-27-47/h17-31,37-46,50-65H,14-16,32-36H2,1-13H3/t37-,38-,39-,40-,41+,42?,43+,44?,45?,46?,50?,51?,52?,53?,54?,55+,56-,57-,58-,59?,60-,61+,62-,63-,64-/m0/s1. The fourth-order valence-corrected chi connectivity index (χ4v) is 12.6. The van der Waals surface area contributed by atoms with Gasteiger partial charge in [-0.15, -0.1) is 0 Å². The average molecular weight is 1070 g/mol. The van der Waals surface area contributed by atoms with Crippen molar-refractivity contribution in [2.45, 2.75) is 222 Å². The Morgan fingerprint density at radius 2 is 0.727 bits per heavy atom. The molecule has 25 atom stereocenters. The van der Waals surface area contributed by atoms with Crippen molar-refractivity contribution in [3.05, 3.63) is 108 Å². The molecular weight excluding hydrogens is 977 g/mol. The Bertz CT molecular complexity index is 2150. The van der Waals surface area contributed by atoms with E-state index in [-0.39, 0.29) is 73.6 Å². The Morgan fingerprint density at radius 1 is 0.338 bits per heavy atom. The zero-order chi connectivity index (χ0) is 54.9. The maximum atomic E-state index is 13.0. The topological polar surface area (TPSA) is 131 Å². The van der Waals surface area contributed by atoms with Crippen LogP contribution in [0.4, 0.5) is 0 Å². The van der Waals surface area contributed by atoms with Crippen LogP contribution < -0.4 is 0 Å². The largest absolute Gasteiger partial charge is 0.387 e. The summed E-state index contributed by atoms with van der Waals surface area (Å²) in [5, 5.41) is 13.0. The highest BCUT2D eigenvalue weighted by Crippen LogP contribution is 2.44. The van der Waals surface area contributed by atoms with Crippen molar-refractivity contribution < 1.29 is 61.9 Å². The minimum Gasteiger partial charge on any atom is -0.387 e. The summed E-state index contributed by atoms with van der Waals surface area (Å²) in [6, 6.07) is 30.3. The molecule has 8 rings (SSSR count). The normalized spacial score (nSPS) is 41.8. The third-order valence-electron chi connectivity index (χ3n) is 19.0. The van der Waals surface area contributed by atoms with E-state index in [0.717, 1.165) is 36.0 Å². The highest BCUT2D eigenvalue weighted by Gasteiger charge is 2.55. The lowest BCUT2D eigenvalue weighted by Gasteiger charge is -2.52. The molecule has 0 radical (unpaired) electrons. The van der Waals surface area contributed by atoms with Crippen LogP contribution in [0.15, 0.2) is 91.0 Å². The second kappa shape index (κ2) is 28.2. The average Bonchev–Trinajstić information content (AvgIpc) is 3.45. The van der Waals surface area contributed by atoms with Crippen LogP contribution in [0.3, 0.4) is 0 Å². The van der Waals surface area contributed by atoms with Crippen LogP contribution in [-0.2, 0) is 76.7 Å². The number of aliphatic hydroxyl groups excluding tert-OH is 1. The molecule has 0 aliphatic carbocycles. The zero-order valence-electron chi connectivity index (χ0n) is 48.6. The first kappa shape index (κ1) is 60.2. The van der Waals surface area contributed by atoms with E-state index in [1.165, 1.54) is 0 Å². The summed E-state index contributed by atoms with van der Waals surface area (Å²) in [4.78, 5) is 0. The third kappa shape index (κ3) is 14.4. The summed E-state index contributed by atoms with van der Waals surface area (Å²) in [6.07, 6.45) is -7.01. The molecule has 0 bridgehead atoms. The van der Waals surface area contributed by atoms with Crippen molar-refractivity contribution in [1.82, 2.24) is 0 Å². The monoisotopic (exact) mass is 1070 g/mol. The van der Waals surface area contributed by atoms with Crippen LogP contribution in [0, 0.1) is 59.2 Å². The molecule has 5 aliphatic heterocycles. The lowest BCUT2D eigenvalue weighted by molar-refractivity contribution is -0.389. The van der Waals surface area contributed by atoms with Gasteiger partial charge in [-0.3, -0.25) is 0 Å². The molecule has 0 spiro atoms. The number of ether oxygens (including phenoxy) is 12. The van der Waals surface area contributed by atoms with Gasteiger partial charge in [0.1, 0.15) is 36.6 Å². The zero-order valence-corrected chi connectivity index (χ0v) is 48.6. The van der Waals surface area contributed by atoms with Crippen LogP contribution >= 0.6 is 0 Å². The molecule has 0 amide bonds. The molecule has 1 N–H and O–H groups in total. The van der Waals surface area contributed by atoms with Crippen LogP contribution in [0.5, 0.6) is 0 Å². The molecule has 3 aromatic rings. The SMILES string of the molecule is CCC1O[C@@H](O[C@@H]2C(OCc3ccccc3)[C@H](O[C@@H]3C(COCc4ccccc4)O[C@@H](OCc4ccccc4)C(C)[C@H]3C)OC(CO[C@H]3OC(CC)[C@@H](C)[C@H](C)C3C)[C@H]2O)[C@@H](O[C@@H]2OC(CC)[C@@H](C)[C@H](C)C2C)C(C)[C@H]1C. The molecule has 0 saturated carbocycles. The molecule has 10 unspecified atom stereocenters. The van der Waals surface area contributed by atoms with Gasteiger partial charge < -0.3 is 61.9 Å². The van der Waals surface area contributed by atoms with E-state index in [4.69, 9.17) is 56.8 Å². The van der Waals surface area contributed by atoms with E-state index in [1.54, 1.807) is 0 Å². The smallest absolute Gasteiger partial charge is 0.187 e. The maximum Gasteiger partial charge on any atom is 0.187 e. The van der Waals surface area contributed by atoms with Gasteiger partial charge in [0, 0.05) is 17.8 Å². The van der Waals surface area contributed by atoms with Crippen LogP contribution in [0.1, 0.15) is 126 Å². The third-order valence-corrected chi connectivity index (χ3v) is 19.0. The number of aliphatic hydroxyl groups is 1. The van der Waals surface area contributed by atoms with Crippen molar-refractivity contribution in [3.63, 3.8) is 0 Å². The molecule has 3 aromatic carbocycles. The first-order valence-electron chi connectivity index (χ1n) is 29.6. The predicted molar refractivity (Wildman–Crippen MR) is 295 cm³/mol. The minimum atomic E-state index is -1.26. The highest BCUT2D eigenvalue weighted by molar-refractivity contribution is 5.15. The molecule has 0 aromatic heterocycles. The Kier molecular flexibility index (Phi) is 22.1. The van der Waals surface area contributed by atoms with E-state index >= 15 is 0 Å². The molecule has 5 heterocycles. The van der Waals surface area contributed by atoms with E-state index in [1.807, 2.05) is 66.7 Å². The molecular formula is C64H96O13. The minimum absolute atomic E-state index is 0.00333. The van der Waals surface area contributed by atoms with Crippen molar-refractivity contribution in [3.8, 4) is 0 Å². The van der Waals surface area contributed by atoms with Crippen molar-refractivity contribution in [2.24, 2.45) is 59.2 Å². The van der Waals surface area contributed by atoms with Gasteiger partial charge in [0.05, 0.1) is 57.5 Å². The van der Waals surface area contributed by atoms with Gasteiger partial charge in [-0.2, -0.15) is 0 Å². The number of hydrogen-bond acceptors (Lipinski definition) is 13. The molecule has 13 nitrogen and oxygen atoms in total. The van der Waals surface area contributed by atoms with Gasteiger partial charge in [0.25, 0.3) is 0 Å². The fraction of sp³-hybridized carbons (Fsp3) is 0.719. The van der Waals surface area contributed by atoms with Crippen molar-refractivity contribution in [1.29, 1.82) is 0 Å². The summed E-state index contributed by atoms with van der Waals surface area (Å²) >= 11 is 0. The van der Waals surface area contributed by atoms with Crippen LogP contribution in [0.25, 0.3) is 0 Å². The first-order chi connectivity index (χ1) is 37.1. The van der Waals surface area contributed by atoms with E-state index in [2.05, 4.69) is 114 Å². The summed E-state index contributed by atoms with van der Waals surface area (Å²) in [6.45, 7) is 29.9. The summed E-state index contributed by atoms with van der Waals surface area (Å²) in [7, 11) is 0. The van der Waals surface area contributed by atoms with E-state index in [0.29, 0.717) is 36.9 Å². The molecule has 77 heavy (non-hydrogen) atoms.